The van der Waals surface area contributed by atoms with Gasteiger partial charge in [-0.05, 0) is 34.7 Å². The fourth-order valence-electron chi connectivity index (χ4n) is 2.56. The summed E-state index contributed by atoms with van der Waals surface area (Å²) in [6.45, 7) is 1.63. The number of benzene rings is 1. The average Bonchev–Trinajstić information content (AvgIpc) is 3.17. The van der Waals surface area contributed by atoms with E-state index in [-0.39, 0.29) is 6.10 Å². The zero-order valence-corrected chi connectivity index (χ0v) is 12.4. The average molecular weight is 317 g/mol. The second-order valence-electron chi connectivity index (χ2n) is 5.12. The van der Waals surface area contributed by atoms with Crippen LogP contribution < -0.4 is 9.64 Å². The van der Waals surface area contributed by atoms with Gasteiger partial charge in [-0.1, -0.05) is 23.7 Å². The van der Waals surface area contributed by atoms with Crippen LogP contribution in [0.2, 0.25) is 5.02 Å². The van der Waals surface area contributed by atoms with E-state index < -0.39 is 0 Å². The molecule has 0 bridgehead atoms. The fraction of sp³-hybridized carbons (Fsp3) is 0.286. The number of rotatable bonds is 3. The molecule has 0 spiro atoms. The maximum Gasteiger partial charge on any atom is 0.200 e. The molecule has 22 heavy (non-hydrogen) atoms. The van der Waals surface area contributed by atoms with Crippen molar-refractivity contribution in [1.82, 2.24) is 25.3 Å². The SMILES string of the molecule is Clc1ccccc1O[C@H]1CCN(c2ccc3nnnn3n2)C1. The molecule has 1 aliphatic heterocycles. The summed E-state index contributed by atoms with van der Waals surface area (Å²) in [5.74, 6) is 1.56. The topological polar surface area (TPSA) is 68.4 Å². The third-order valence-corrected chi connectivity index (χ3v) is 3.97. The molecule has 0 aliphatic carbocycles. The first-order chi connectivity index (χ1) is 10.8. The van der Waals surface area contributed by atoms with Gasteiger partial charge in [0, 0.05) is 13.0 Å². The molecule has 3 heterocycles. The number of hydrogen-bond acceptors (Lipinski definition) is 6. The molecule has 1 fully saturated rings. The zero-order valence-electron chi connectivity index (χ0n) is 11.6. The normalized spacial score (nSPS) is 18.0. The Hall–Kier alpha value is -2.41. The summed E-state index contributed by atoms with van der Waals surface area (Å²) >= 11 is 6.13. The molecule has 1 aromatic carbocycles. The van der Waals surface area contributed by atoms with Crippen molar-refractivity contribution >= 4 is 23.1 Å². The number of anilines is 1. The van der Waals surface area contributed by atoms with E-state index in [1.54, 1.807) is 0 Å². The summed E-state index contributed by atoms with van der Waals surface area (Å²) in [6.07, 6.45) is 1.01. The standard InChI is InChI=1S/C14H13ClN6O/c15-11-3-1-2-4-12(11)22-10-7-8-20(9-10)14-6-5-13-16-18-19-21(13)17-14/h1-6,10H,7-9H2/t10-/m0/s1. The van der Waals surface area contributed by atoms with Crippen LogP contribution >= 0.6 is 11.6 Å². The van der Waals surface area contributed by atoms with E-state index in [0.29, 0.717) is 10.7 Å². The van der Waals surface area contributed by atoms with Crippen LogP contribution in [0.4, 0.5) is 5.82 Å². The Morgan fingerprint density at radius 3 is 3.00 bits per heavy atom. The lowest BCUT2D eigenvalue weighted by atomic mass is 10.3. The van der Waals surface area contributed by atoms with Crippen molar-refractivity contribution in [2.75, 3.05) is 18.0 Å². The first kappa shape index (κ1) is 13.3. The summed E-state index contributed by atoms with van der Waals surface area (Å²) in [6, 6.07) is 11.3. The third-order valence-electron chi connectivity index (χ3n) is 3.65. The molecule has 112 valence electrons. The molecule has 1 atom stereocenters. The van der Waals surface area contributed by atoms with Crippen LogP contribution in [0.1, 0.15) is 6.42 Å². The smallest absolute Gasteiger partial charge is 0.200 e. The summed E-state index contributed by atoms with van der Waals surface area (Å²) in [4.78, 5) is 2.16. The van der Waals surface area contributed by atoms with E-state index in [4.69, 9.17) is 16.3 Å². The summed E-state index contributed by atoms with van der Waals surface area (Å²) in [5, 5.41) is 16.3. The van der Waals surface area contributed by atoms with Crippen molar-refractivity contribution in [3.8, 4) is 5.75 Å². The van der Waals surface area contributed by atoms with Crippen LogP contribution in [0.3, 0.4) is 0 Å². The maximum absolute atomic E-state index is 6.13. The molecule has 8 heteroatoms. The second-order valence-corrected chi connectivity index (χ2v) is 5.53. The van der Waals surface area contributed by atoms with E-state index in [0.717, 1.165) is 31.1 Å². The second kappa shape index (κ2) is 5.42. The number of nitrogens with zero attached hydrogens (tertiary/aromatic N) is 6. The molecule has 0 N–H and O–H groups in total. The quantitative estimate of drug-likeness (QED) is 0.734. The predicted octanol–water partition coefficient (Wildman–Crippen LogP) is 1.83. The fourth-order valence-corrected chi connectivity index (χ4v) is 2.74. The molecule has 0 amide bonds. The highest BCUT2D eigenvalue weighted by Crippen LogP contribution is 2.27. The molecule has 1 saturated heterocycles. The molecule has 0 saturated carbocycles. The van der Waals surface area contributed by atoms with Gasteiger partial charge in [-0.15, -0.1) is 14.8 Å². The van der Waals surface area contributed by atoms with E-state index in [9.17, 15) is 0 Å². The van der Waals surface area contributed by atoms with E-state index in [1.807, 2.05) is 36.4 Å². The minimum Gasteiger partial charge on any atom is -0.487 e. The van der Waals surface area contributed by atoms with Gasteiger partial charge in [0.05, 0.1) is 11.6 Å². The number of aromatic nitrogens is 5. The van der Waals surface area contributed by atoms with Gasteiger partial charge in [0.25, 0.3) is 0 Å². The van der Waals surface area contributed by atoms with E-state index in [2.05, 4.69) is 25.5 Å². The molecule has 0 unspecified atom stereocenters. The summed E-state index contributed by atoms with van der Waals surface area (Å²) in [7, 11) is 0. The number of para-hydroxylation sites is 1. The van der Waals surface area contributed by atoms with Crippen LogP contribution in [0.5, 0.6) is 5.75 Å². The number of tetrazole rings is 1. The third kappa shape index (κ3) is 2.43. The van der Waals surface area contributed by atoms with Gasteiger partial charge < -0.3 is 9.64 Å². The van der Waals surface area contributed by atoms with Crippen molar-refractivity contribution in [3.63, 3.8) is 0 Å². The molecule has 4 rings (SSSR count). The van der Waals surface area contributed by atoms with Gasteiger partial charge in [-0.3, -0.25) is 0 Å². The number of ether oxygens (including phenoxy) is 1. The highest BCUT2D eigenvalue weighted by atomic mass is 35.5. The highest BCUT2D eigenvalue weighted by Gasteiger charge is 2.26. The first-order valence-corrected chi connectivity index (χ1v) is 7.39. The van der Waals surface area contributed by atoms with Crippen molar-refractivity contribution < 1.29 is 4.74 Å². The molecular weight excluding hydrogens is 304 g/mol. The van der Waals surface area contributed by atoms with Crippen molar-refractivity contribution in [3.05, 3.63) is 41.4 Å². The Labute approximate surface area is 131 Å². The van der Waals surface area contributed by atoms with Crippen molar-refractivity contribution in [2.45, 2.75) is 12.5 Å². The Kier molecular flexibility index (Phi) is 3.27. The number of hydrogen-bond donors (Lipinski definition) is 0. The summed E-state index contributed by atoms with van der Waals surface area (Å²) < 4.78 is 7.41. The lowest BCUT2D eigenvalue weighted by Crippen LogP contribution is -2.25. The van der Waals surface area contributed by atoms with Crippen LogP contribution in [0.25, 0.3) is 5.65 Å². The highest BCUT2D eigenvalue weighted by molar-refractivity contribution is 6.32. The van der Waals surface area contributed by atoms with Crippen molar-refractivity contribution in [2.24, 2.45) is 0 Å². The number of halogens is 1. The minimum atomic E-state index is 0.0891. The van der Waals surface area contributed by atoms with Gasteiger partial charge in [0.2, 0.25) is 0 Å². The van der Waals surface area contributed by atoms with Crippen LogP contribution in [-0.2, 0) is 0 Å². The summed E-state index contributed by atoms with van der Waals surface area (Å²) in [5.41, 5.74) is 0.631. The molecular formula is C14H13ClN6O. The molecule has 1 aliphatic rings. The number of fused-ring (bicyclic) bond motifs is 1. The lowest BCUT2D eigenvalue weighted by molar-refractivity contribution is 0.225. The monoisotopic (exact) mass is 316 g/mol. The van der Waals surface area contributed by atoms with Crippen LogP contribution in [-0.4, -0.2) is 44.4 Å². The first-order valence-electron chi connectivity index (χ1n) is 7.01. The van der Waals surface area contributed by atoms with Gasteiger partial charge in [-0.25, -0.2) is 0 Å². The van der Waals surface area contributed by atoms with E-state index >= 15 is 0 Å². The molecule has 0 radical (unpaired) electrons. The Morgan fingerprint density at radius 1 is 1.18 bits per heavy atom. The van der Waals surface area contributed by atoms with Crippen molar-refractivity contribution in [1.29, 1.82) is 0 Å². The minimum absolute atomic E-state index is 0.0891. The molecule has 7 nitrogen and oxygen atoms in total. The largest absolute Gasteiger partial charge is 0.487 e. The van der Waals surface area contributed by atoms with Crippen LogP contribution in [0.15, 0.2) is 36.4 Å². The molecule has 2 aromatic heterocycles. The van der Waals surface area contributed by atoms with Gasteiger partial charge in [0.15, 0.2) is 11.5 Å². The lowest BCUT2D eigenvalue weighted by Gasteiger charge is -2.18. The molecule has 3 aromatic rings. The van der Waals surface area contributed by atoms with Gasteiger partial charge in [-0.2, -0.15) is 0 Å². The Bertz CT molecular complexity index is 807. The van der Waals surface area contributed by atoms with Crippen LogP contribution in [0, 0.1) is 0 Å². The van der Waals surface area contributed by atoms with Gasteiger partial charge >= 0.3 is 0 Å². The zero-order chi connectivity index (χ0) is 14.9. The maximum atomic E-state index is 6.13. The Balaban J connectivity index is 1.49. The van der Waals surface area contributed by atoms with Gasteiger partial charge in [0.1, 0.15) is 11.9 Å². The van der Waals surface area contributed by atoms with E-state index in [1.165, 1.54) is 4.63 Å². The Morgan fingerprint density at radius 2 is 2.09 bits per heavy atom. The predicted molar refractivity (Wildman–Crippen MR) is 81.3 cm³/mol.